The molecular formula is C16H16N2O4S. The van der Waals surface area contributed by atoms with Gasteiger partial charge in [-0.05, 0) is 49.1 Å². The molecule has 0 bridgehead atoms. The van der Waals surface area contributed by atoms with Crippen LogP contribution in [0.4, 0.5) is 11.4 Å². The molecule has 7 heteroatoms. The summed E-state index contributed by atoms with van der Waals surface area (Å²) in [6.07, 6.45) is 1.97. The van der Waals surface area contributed by atoms with Gasteiger partial charge < -0.3 is 10.1 Å². The Balaban J connectivity index is 1.97. The second-order valence-corrected chi connectivity index (χ2v) is 5.67. The molecule has 1 N–H and O–H groups in total. The van der Waals surface area contributed by atoms with Crippen LogP contribution in [-0.2, 0) is 4.79 Å². The Labute approximate surface area is 138 Å². The van der Waals surface area contributed by atoms with Gasteiger partial charge in [0, 0.05) is 16.6 Å². The van der Waals surface area contributed by atoms with Gasteiger partial charge in [0.15, 0.2) is 12.4 Å². The molecule has 0 saturated heterocycles. The van der Waals surface area contributed by atoms with E-state index in [0.29, 0.717) is 5.69 Å². The molecule has 120 valence electrons. The first-order valence-electron chi connectivity index (χ1n) is 6.81. The second kappa shape index (κ2) is 7.64. The Morgan fingerprint density at radius 1 is 1.26 bits per heavy atom. The highest BCUT2D eigenvalue weighted by atomic mass is 32.2. The van der Waals surface area contributed by atoms with Crippen LogP contribution in [0.25, 0.3) is 0 Å². The van der Waals surface area contributed by atoms with Gasteiger partial charge in [0.25, 0.3) is 5.91 Å². The number of carbonyl (C=O) groups excluding carboxylic acids is 1. The molecule has 23 heavy (non-hydrogen) atoms. The maximum atomic E-state index is 11.9. The van der Waals surface area contributed by atoms with Gasteiger partial charge in [0.2, 0.25) is 0 Å². The first-order valence-corrected chi connectivity index (χ1v) is 8.04. The Morgan fingerprint density at radius 3 is 2.57 bits per heavy atom. The van der Waals surface area contributed by atoms with E-state index in [0.717, 1.165) is 10.5 Å². The van der Waals surface area contributed by atoms with E-state index < -0.39 is 4.92 Å². The molecule has 1 amide bonds. The molecule has 0 heterocycles. The quantitative estimate of drug-likeness (QED) is 0.496. The molecule has 0 aromatic heterocycles. The minimum Gasteiger partial charge on any atom is -0.477 e. The van der Waals surface area contributed by atoms with Gasteiger partial charge in [-0.1, -0.05) is 6.07 Å². The Kier molecular flexibility index (Phi) is 5.59. The molecule has 0 aliphatic heterocycles. The van der Waals surface area contributed by atoms with Crippen LogP contribution in [0, 0.1) is 17.0 Å². The number of nitrogens with zero attached hydrogens (tertiary/aromatic N) is 1. The number of thioether (sulfide) groups is 1. The molecule has 0 saturated carbocycles. The number of hydrogen-bond acceptors (Lipinski definition) is 5. The number of anilines is 1. The number of ether oxygens (including phenoxy) is 1. The van der Waals surface area contributed by atoms with Crippen molar-refractivity contribution in [3.63, 3.8) is 0 Å². The van der Waals surface area contributed by atoms with Gasteiger partial charge >= 0.3 is 5.69 Å². The number of rotatable bonds is 6. The third kappa shape index (κ3) is 4.72. The lowest BCUT2D eigenvalue weighted by Crippen LogP contribution is -2.20. The molecule has 2 aromatic rings. The summed E-state index contributed by atoms with van der Waals surface area (Å²) in [5.74, 6) is -0.301. The monoisotopic (exact) mass is 332 g/mol. The Bertz CT molecular complexity index is 717. The lowest BCUT2D eigenvalue weighted by Gasteiger charge is -2.08. The highest BCUT2D eigenvalue weighted by Gasteiger charge is 2.16. The lowest BCUT2D eigenvalue weighted by molar-refractivity contribution is -0.385. The largest absolute Gasteiger partial charge is 0.477 e. The molecule has 0 spiro atoms. The van der Waals surface area contributed by atoms with E-state index in [1.807, 2.05) is 18.4 Å². The van der Waals surface area contributed by atoms with Crippen molar-refractivity contribution in [3.05, 3.63) is 58.1 Å². The number of nitro benzene ring substituents is 1. The predicted octanol–water partition coefficient (Wildman–Crippen LogP) is 3.64. The molecular weight excluding hydrogens is 316 g/mol. The van der Waals surface area contributed by atoms with Crippen molar-refractivity contribution in [1.82, 2.24) is 0 Å². The van der Waals surface area contributed by atoms with Crippen LogP contribution in [0.15, 0.2) is 47.4 Å². The number of aryl methyl sites for hydroxylation is 1. The summed E-state index contributed by atoms with van der Waals surface area (Å²) in [5, 5.41) is 13.7. The molecule has 0 radical (unpaired) electrons. The van der Waals surface area contributed by atoms with Crippen LogP contribution in [0.3, 0.4) is 0 Å². The lowest BCUT2D eigenvalue weighted by atomic mass is 10.2. The highest BCUT2D eigenvalue weighted by Crippen LogP contribution is 2.27. The molecule has 0 aliphatic rings. The number of amides is 1. The van der Waals surface area contributed by atoms with E-state index >= 15 is 0 Å². The fourth-order valence-electron chi connectivity index (χ4n) is 1.91. The van der Waals surface area contributed by atoms with Gasteiger partial charge in [0.05, 0.1) is 4.92 Å². The Morgan fingerprint density at radius 2 is 1.96 bits per heavy atom. The fraction of sp³-hybridized carbons (Fsp3) is 0.188. The zero-order valence-corrected chi connectivity index (χ0v) is 13.6. The van der Waals surface area contributed by atoms with Crippen molar-refractivity contribution in [2.24, 2.45) is 0 Å². The number of nitrogens with one attached hydrogen (secondary N) is 1. The molecule has 0 atom stereocenters. The average Bonchev–Trinajstić information content (AvgIpc) is 2.54. The van der Waals surface area contributed by atoms with Crippen molar-refractivity contribution in [2.45, 2.75) is 11.8 Å². The molecule has 2 aromatic carbocycles. The topological polar surface area (TPSA) is 81.5 Å². The molecule has 0 fully saturated rings. The van der Waals surface area contributed by atoms with Gasteiger partial charge in [0.1, 0.15) is 0 Å². The van der Waals surface area contributed by atoms with Crippen LogP contribution in [0.5, 0.6) is 5.75 Å². The predicted molar refractivity (Wildman–Crippen MR) is 90.2 cm³/mol. The van der Waals surface area contributed by atoms with Crippen molar-refractivity contribution in [2.75, 3.05) is 18.2 Å². The summed E-state index contributed by atoms with van der Waals surface area (Å²) in [7, 11) is 0. The molecule has 2 rings (SSSR count). The summed E-state index contributed by atoms with van der Waals surface area (Å²) in [5.41, 5.74) is 1.25. The minimum absolute atomic E-state index is 0.0773. The molecule has 6 nitrogen and oxygen atoms in total. The van der Waals surface area contributed by atoms with E-state index in [4.69, 9.17) is 4.74 Å². The standard InChI is InChI=1S/C16H16N2O4S/c1-11-3-8-15(14(9-11)18(20)21)22-10-16(19)17-12-4-6-13(23-2)7-5-12/h3-9H,10H2,1-2H3,(H,17,19). The van der Waals surface area contributed by atoms with Crippen molar-refractivity contribution in [3.8, 4) is 5.75 Å². The van der Waals surface area contributed by atoms with Crippen LogP contribution in [0.1, 0.15) is 5.56 Å². The number of hydrogen-bond donors (Lipinski definition) is 1. The second-order valence-electron chi connectivity index (χ2n) is 4.79. The normalized spacial score (nSPS) is 10.2. The highest BCUT2D eigenvalue weighted by molar-refractivity contribution is 7.98. The van der Waals surface area contributed by atoms with Crippen LogP contribution >= 0.6 is 11.8 Å². The van der Waals surface area contributed by atoms with E-state index in [2.05, 4.69) is 5.32 Å². The zero-order valence-electron chi connectivity index (χ0n) is 12.7. The van der Waals surface area contributed by atoms with Crippen LogP contribution in [-0.4, -0.2) is 23.7 Å². The Hall–Kier alpha value is -2.54. The third-order valence-corrected chi connectivity index (χ3v) is 3.79. The van der Waals surface area contributed by atoms with E-state index in [1.165, 1.54) is 12.1 Å². The number of carbonyl (C=O) groups is 1. The summed E-state index contributed by atoms with van der Waals surface area (Å²) in [6.45, 7) is 1.45. The van der Waals surface area contributed by atoms with Gasteiger partial charge in [-0.2, -0.15) is 0 Å². The number of nitro groups is 1. The average molecular weight is 332 g/mol. The van der Waals surface area contributed by atoms with Crippen LogP contribution in [0.2, 0.25) is 0 Å². The van der Waals surface area contributed by atoms with Crippen molar-refractivity contribution in [1.29, 1.82) is 0 Å². The SMILES string of the molecule is CSc1ccc(NC(=O)COc2ccc(C)cc2[N+](=O)[O-])cc1. The summed E-state index contributed by atoms with van der Waals surface area (Å²) < 4.78 is 5.27. The van der Waals surface area contributed by atoms with Gasteiger partial charge in [-0.3, -0.25) is 14.9 Å². The summed E-state index contributed by atoms with van der Waals surface area (Å²) in [4.78, 5) is 23.4. The number of benzene rings is 2. The minimum atomic E-state index is -0.526. The van der Waals surface area contributed by atoms with E-state index in [1.54, 1.807) is 36.9 Å². The van der Waals surface area contributed by atoms with Gasteiger partial charge in [-0.25, -0.2) is 0 Å². The van der Waals surface area contributed by atoms with Crippen molar-refractivity contribution >= 4 is 29.0 Å². The van der Waals surface area contributed by atoms with E-state index in [9.17, 15) is 14.9 Å². The fourth-order valence-corrected chi connectivity index (χ4v) is 2.32. The third-order valence-electron chi connectivity index (χ3n) is 3.04. The first kappa shape index (κ1) is 16.8. The first-order chi connectivity index (χ1) is 11.0. The zero-order chi connectivity index (χ0) is 16.8. The molecule has 0 aliphatic carbocycles. The maximum Gasteiger partial charge on any atom is 0.311 e. The smallest absolute Gasteiger partial charge is 0.311 e. The molecule has 0 unspecified atom stereocenters. The summed E-state index contributed by atoms with van der Waals surface area (Å²) >= 11 is 1.61. The van der Waals surface area contributed by atoms with Crippen molar-refractivity contribution < 1.29 is 14.5 Å². The van der Waals surface area contributed by atoms with E-state index in [-0.39, 0.29) is 24.0 Å². The maximum absolute atomic E-state index is 11.9. The summed E-state index contributed by atoms with van der Waals surface area (Å²) in [6, 6.07) is 12.0. The van der Waals surface area contributed by atoms with Gasteiger partial charge in [-0.15, -0.1) is 11.8 Å². The van der Waals surface area contributed by atoms with Crippen LogP contribution < -0.4 is 10.1 Å².